The number of anilines is 1. The molecule has 2 aromatic carbocycles. The van der Waals surface area contributed by atoms with Gasteiger partial charge in [0, 0.05) is 6.07 Å². The van der Waals surface area contributed by atoms with Crippen molar-refractivity contribution in [1.29, 1.82) is 0 Å². The van der Waals surface area contributed by atoms with Crippen molar-refractivity contribution in [2.24, 2.45) is 0 Å². The summed E-state index contributed by atoms with van der Waals surface area (Å²) in [5, 5.41) is 37.7. The van der Waals surface area contributed by atoms with Crippen LogP contribution in [0.3, 0.4) is 0 Å². The number of rotatable bonds is 4. The fourth-order valence-electron chi connectivity index (χ4n) is 2.85. The summed E-state index contributed by atoms with van der Waals surface area (Å²) in [6.45, 7) is 0. The second-order valence-electron chi connectivity index (χ2n) is 6.42. The van der Waals surface area contributed by atoms with E-state index in [1.54, 1.807) is 5.32 Å². The highest BCUT2D eigenvalue weighted by Crippen LogP contribution is 2.41. The number of phenolic OH excluding ortho intramolecular Hbond substituents is 2. The van der Waals surface area contributed by atoms with Crippen molar-refractivity contribution < 1.29 is 51.2 Å². The molecule has 1 amide bonds. The average molecular weight is 478 g/mol. The van der Waals surface area contributed by atoms with E-state index in [2.05, 4.69) is 10.2 Å². The monoisotopic (exact) mass is 478 g/mol. The van der Waals surface area contributed by atoms with Crippen LogP contribution in [0.2, 0.25) is 0 Å². The number of hydrogen-bond acceptors (Lipinski definition) is 6. The van der Waals surface area contributed by atoms with Crippen LogP contribution in [-0.4, -0.2) is 43.3 Å². The van der Waals surface area contributed by atoms with Gasteiger partial charge in [-0.1, -0.05) is 0 Å². The highest BCUT2D eigenvalue weighted by atomic mass is 19.4. The van der Waals surface area contributed by atoms with Crippen molar-refractivity contribution in [3.8, 4) is 34.3 Å². The van der Waals surface area contributed by atoms with Crippen LogP contribution in [0.1, 0.15) is 11.1 Å². The lowest BCUT2D eigenvalue weighted by atomic mass is 10.1. The molecule has 1 heterocycles. The Kier molecular flexibility index (Phi) is 5.74. The number of methoxy groups -OCH3 is 1. The molecule has 0 radical (unpaired) electrons. The van der Waals surface area contributed by atoms with Gasteiger partial charge >= 0.3 is 18.4 Å². The molecule has 15 heteroatoms. The first kappa shape index (κ1) is 23.5. The minimum absolute atomic E-state index is 0.112. The maximum absolute atomic E-state index is 13.3. The summed E-state index contributed by atoms with van der Waals surface area (Å²) < 4.78 is 85.3. The van der Waals surface area contributed by atoms with Gasteiger partial charge in [0.1, 0.15) is 5.75 Å². The molecule has 0 fully saturated rings. The number of carbonyl (C=O) groups is 1. The van der Waals surface area contributed by atoms with Crippen LogP contribution in [0, 0.1) is 0 Å². The third-order valence-corrected chi connectivity index (χ3v) is 4.25. The first-order chi connectivity index (χ1) is 15.2. The van der Waals surface area contributed by atoms with Crippen molar-refractivity contribution in [3.63, 3.8) is 0 Å². The minimum atomic E-state index is -5.19. The molecule has 33 heavy (non-hydrogen) atoms. The van der Waals surface area contributed by atoms with Gasteiger partial charge in [-0.2, -0.15) is 26.3 Å². The van der Waals surface area contributed by atoms with Gasteiger partial charge < -0.3 is 20.1 Å². The highest BCUT2D eigenvalue weighted by molar-refractivity contribution is 5.82. The number of ether oxygens (including phenoxy) is 1. The molecule has 176 valence electrons. The Hall–Kier alpha value is -4.17. The molecular weight excluding hydrogens is 466 g/mol. The molecule has 0 saturated heterocycles. The summed E-state index contributed by atoms with van der Waals surface area (Å²) in [6, 6.07) is 2.30. The topological polar surface area (TPSA) is 130 Å². The lowest BCUT2D eigenvalue weighted by molar-refractivity contribution is -0.143. The lowest BCUT2D eigenvalue weighted by Gasteiger charge is -2.17. The molecule has 3 rings (SSSR count). The highest BCUT2D eigenvalue weighted by Gasteiger charge is 2.37. The third-order valence-electron chi connectivity index (χ3n) is 4.25. The second-order valence-corrected chi connectivity index (χ2v) is 6.42. The van der Waals surface area contributed by atoms with Crippen molar-refractivity contribution in [1.82, 2.24) is 14.8 Å². The number of aromatic nitrogens is 3. The predicted molar refractivity (Wildman–Crippen MR) is 98.3 cm³/mol. The Balaban J connectivity index is 2.38. The van der Waals surface area contributed by atoms with E-state index < -0.39 is 58.5 Å². The van der Waals surface area contributed by atoms with Crippen molar-refractivity contribution in [3.05, 3.63) is 41.5 Å². The van der Waals surface area contributed by atoms with Crippen molar-refractivity contribution in [2.75, 3.05) is 12.4 Å². The fourth-order valence-corrected chi connectivity index (χ4v) is 2.85. The summed E-state index contributed by atoms with van der Waals surface area (Å²) >= 11 is 0. The molecule has 0 bridgehead atoms. The Bertz CT molecular complexity index is 1190. The summed E-state index contributed by atoms with van der Waals surface area (Å²) in [4.78, 5) is 11.1. The van der Waals surface area contributed by atoms with E-state index in [1.165, 1.54) is 0 Å². The number of halogens is 6. The third kappa shape index (κ3) is 4.70. The Morgan fingerprint density at radius 1 is 0.939 bits per heavy atom. The summed E-state index contributed by atoms with van der Waals surface area (Å²) in [6.07, 6.45) is -12.1. The van der Waals surface area contributed by atoms with Crippen molar-refractivity contribution >= 4 is 12.0 Å². The maximum atomic E-state index is 13.3. The van der Waals surface area contributed by atoms with Crippen LogP contribution in [0.15, 0.2) is 30.3 Å². The van der Waals surface area contributed by atoms with Gasteiger partial charge in [0.15, 0.2) is 17.3 Å². The SMILES string of the molecule is COc1cc(-c2nnc(NC(=O)O)n2-c2cc(C(F)(F)F)cc(C(F)(F)F)c2)c(O)cc1O. The van der Waals surface area contributed by atoms with E-state index in [4.69, 9.17) is 9.84 Å². The second kappa shape index (κ2) is 8.07. The van der Waals surface area contributed by atoms with Crippen LogP contribution in [0.4, 0.5) is 37.1 Å². The zero-order valence-electron chi connectivity index (χ0n) is 16.2. The first-order valence-electron chi connectivity index (χ1n) is 8.58. The molecule has 0 aliphatic heterocycles. The van der Waals surface area contributed by atoms with E-state index in [-0.39, 0.29) is 17.4 Å². The van der Waals surface area contributed by atoms with Gasteiger partial charge in [0.2, 0.25) is 5.95 Å². The lowest BCUT2D eigenvalue weighted by Crippen LogP contribution is -2.15. The van der Waals surface area contributed by atoms with Crippen LogP contribution in [0.25, 0.3) is 17.1 Å². The fraction of sp³-hybridized carbons (Fsp3) is 0.167. The van der Waals surface area contributed by atoms with Crippen LogP contribution in [0.5, 0.6) is 17.2 Å². The number of alkyl halides is 6. The Morgan fingerprint density at radius 2 is 1.52 bits per heavy atom. The molecular formula is C18H12F6N4O5. The molecule has 3 aromatic rings. The summed E-state index contributed by atoms with van der Waals surface area (Å²) in [7, 11) is 1.14. The number of amides is 1. The predicted octanol–water partition coefficient (Wildman–Crippen LogP) is 4.48. The van der Waals surface area contributed by atoms with E-state index >= 15 is 0 Å². The van der Waals surface area contributed by atoms with Gasteiger partial charge in [-0.25, -0.2) is 4.79 Å². The number of phenols is 2. The van der Waals surface area contributed by atoms with Crippen LogP contribution in [-0.2, 0) is 12.4 Å². The number of benzene rings is 2. The van der Waals surface area contributed by atoms with E-state index in [0.29, 0.717) is 16.7 Å². The minimum Gasteiger partial charge on any atom is -0.507 e. The first-order valence-corrected chi connectivity index (χ1v) is 8.58. The molecule has 0 saturated carbocycles. The normalized spacial score (nSPS) is 12.0. The van der Waals surface area contributed by atoms with E-state index in [0.717, 1.165) is 19.2 Å². The Morgan fingerprint density at radius 3 is 2.00 bits per heavy atom. The van der Waals surface area contributed by atoms with Crippen molar-refractivity contribution in [2.45, 2.75) is 12.4 Å². The zero-order chi connectivity index (χ0) is 24.7. The molecule has 0 spiro atoms. The molecule has 1 aromatic heterocycles. The van der Waals surface area contributed by atoms with Gasteiger partial charge in [0.05, 0.1) is 29.5 Å². The Labute approximate surface area is 179 Å². The van der Waals surface area contributed by atoms with Gasteiger partial charge in [-0.15, -0.1) is 10.2 Å². The molecule has 0 unspecified atom stereocenters. The number of carboxylic acid groups (broad SMARTS) is 1. The van der Waals surface area contributed by atoms with E-state index in [1.807, 2.05) is 0 Å². The van der Waals surface area contributed by atoms with Gasteiger partial charge in [-0.3, -0.25) is 9.88 Å². The van der Waals surface area contributed by atoms with Crippen LogP contribution >= 0.6 is 0 Å². The number of nitrogens with zero attached hydrogens (tertiary/aromatic N) is 3. The molecule has 0 atom stereocenters. The molecule has 4 N–H and O–H groups in total. The smallest absolute Gasteiger partial charge is 0.416 e. The maximum Gasteiger partial charge on any atom is 0.416 e. The van der Waals surface area contributed by atoms with Crippen LogP contribution < -0.4 is 10.1 Å². The standard InChI is InChI=1S/C18H12F6N4O5/c1-33-13-5-10(11(29)6-12(13)30)14-26-27-15(25-16(31)32)28(14)9-3-7(17(19,20)21)2-8(4-9)18(22,23)24/h2-6,29-30H,1H3,(H,25,27)(H,31,32). The molecule has 0 aliphatic carbocycles. The number of nitrogens with one attached hydrogen (secondary N) is 1. The number of aromatic hydroxyl groups is 2. The quantitative estimate of drug-likeness (QED) is 0.407. The van der Waals surface area contributed by atoms with Gasteiger partial charge in [-0.05, 0) is 24.3 Å². The largest absolute Gasteiger partial charge is 0.507 e. The summed E-state index contributed by atoms with van der Waals surface area (Å²) in [5.41, 5.74) is -4.52. The molecule has 9 nitrogen and oxygen atoms in total. The summed E-state index contributed by atoms with van der Waals surface area (Å²) in [5.74, 6) is -2.79. The zero-order valence-corrected chi connectivity index (χ0v) is 16.2. The average Bonchev–Trinajstić information content (AvgIpc) is 3.09. The number of hydrogen-bond donors (Lipinski definition) is 4. The molecule has 0 aliphatic rings. The van der Waals surface area contributed by atoms with E-state index in [9.17, 15) is 41.4 Å². The van der Waals surface area contributed by atoms with Gasteiger partial charge in [0.25, 0.3) is 0 Å².